The molecule has 0 aromatic rings. The predicted molar refractivity (Wildman–Crippen MR) is 65.6 cm³/mol. The highest BCUT2D eigenvalue weighted by molar-refractivity contribution is 4.83. The molecule has 1 saturated heterocycles. The highest BCUT2D eigenvalue weighted by Crippen LogP contribution is 2.29. The number of likely N-dealkylation sites (tertiary alicyclic amines) is 1. The number of aliphatic hydroxyl groups is 1. The summed E-state index contributed by atoms with van der Waals surface area (Å²) in [5.41, 5.74) is 0.448. The van der Waals surface area contributed by atoms with Gasteiger partial charge in [0.05, 0.1) is 19.8 Å². The summed E-state index contributed by atoms with van der Waals surface area (Å²) >= 11 is 0. The van der Waals surface area contributed by atoms with E-state index in [2.05, 4.69) is 24.2 Å². The van der Waals surface area contributed by atoms with Crippen molar-refractivity contribution in [2.24, 2.45) is 5.41 Å². The van der Waals surface area contributed by atoms with Crippen LogP contribution in [0.2, 0.25) is 0 Å². The van der Waals surface area contributed by atoms with Crippen LogP contribution in [0.15, 0.2) is 0 Å². The highest BCUT2D eigenvalue weighted by Gasteiger charge is 2.27. The highest BCUT2D eigenvalue weighted by atomic mass is 16.5. The summed E-state index contributed by atoms with van der Waals surface area (Å²) in [6.45, 7) is 7.99. The maximum absolute atomic E-state index is 8.54. The van der Waals surface area contributed by atoms with Crippen LogP contribution in [0.3, 0.4) is 0 Å². The van der Waals surface area contributed by atoms with Crippen molar-refractivity contribution in [3.05, 3.63) is 0 Å². The molecule has 96 valence electrons. The summed E-state index contributed by atoms with van der Waals surface area (Å²) in [6.07, 6.45) is 2.54. The first kappa shape index (κ1) is 13.9. The van der Waals surface area contributed by atoms with Crippen LogP contribution in [0.4, 0.5) is 0 Å². The van der Waals surface area contributed by atoms with Gasteiger partial charge in [-0.3, -0.25) is 0 Å². The maximum Gasteiger partial charge on any atom is 0.0698 e. The van der Waals surface area contributed by atoms with Crippen molar-refractivity contribution in [3.8, 4) is 0 Å². The second-order valence-corrected chi connectivity index (χ2v) is 5.13. The van der Waals surface area contributed by atoms with Crippen LogP contribution in [0, 0.1) is 5.41 Å². The second kappa shape index (κ2) is 7.22. The first-order valence-electron chi connectivity index (χ1n) is 6.24. The van der Waals surface area contributed by atoms with Crippen LogP contribution >= 0.6 is 0 Å². The Bertz CT molecular complexity index is 180. The van der Waals surface area contributed by atoms with Crippen LogP contribution in [-0.2, 0) is 4.74 Å². The first-order chi connectivity index (χ1) is 7.66. The van der Waals surface area contributed by atoms with E-state index in [1.54, 1.807) is 0 Å². The van der Waals surface area contributed by atoms with E-state index in [1.165, 1.54) is 25.9 Å². The van der Waals surface area contributed by atoms with E-state index in [4.69, 9.17) is 9.84 Å². The molecule has 0 amide bonds. The number of ether oxygens (including phenoxy) is 1. The summed E-state index contributed by atoms with van der Waals surface area (Å²) in [4.78, 5) is 2.39. The third kappa shape index (κ3) is 5.25. The summed E-state index contributed by atoms with van der Waals surface area (Å²) in [5.74, 6) is 0. The molecule has 1 fully saturated rings. The Morgan fingerprint density at radius 2 is 2.00 bits per heavy atom. The van der Waals surface area contributed by atoms with Crippen LogP contribution in [0.1, 0.15) is 19.8 Å². The molecule has 1 aliphatic heterocycles. The Balaban J connectivity index is 2.03. The van der Waals surface area contributed by atoms with Gasteiger partial charge in [-0.15, -0.1) is 0 Å². The van der Waals surface area contributed by atoms with Gasteiger partial charge in [0.25, 0.3) is 0 Å². The Hall–Kier alpha value is -0.160. The topological polar surface area (TPSA) is 44.7 Å². The minimum Gasteiger partial charge on any atom is -0.394 e. The monoisotopic (exact) mass is 230 g/mol. The van der Waals surface area contributed by atoms with Gasteiger partial charge in [-0.05, 0) is 38.4 Å². The minimum atomic E-state index is 0.115. The van der Waals surface area contributed by atoms with Gasteiger partial charge >= 0.3 is 0 Å². The van der Waals surface area contributed by atoms with Gasteiger partial charge < -0.3 is 20.1 Å². The van der Waals surface area contributed by atoms with Crippen molar-refractivity contribution in [2.75, 3.05) is 53.0 Å². The Kier molecular flexibility index (Phi) is 6.28. The molecule has 1 rings (SSSR count). The lowest BCUT2D eigenvalue weighted by Crippen LogP contribution is -2.42. The quantitative estimate of drug-likeness (QED) is 0.618. The molecular weight excluding hydrogens is 204 g/mol. The average Bonchev–Trinajstić information content (AvgIpc) is 2.28. The van der Waals surface area contributed by atoms with Crippen LogP contribution in [-0.4, -0.2) is 63.1 Å². The van der Waals surface area contributed by atoms with Gasteiger partial charge in [-0.1, -0.05) is 6.92 Å². The summed E-state index contributed by atoms with van der Waals surface area (Å²) in [7, 11) is 2.19. The van der Waals surface area contributed by atoms with Gasteiger partial charge in [0.15, 0.2) is 0 Å². The lowest BCUT2D eigenvalue weighted by Gasteiger charge is -2.38. The third-order valence-corrected chi connectivity index (χ3v) is 3.40. The summed E-state index contributed by atoms with van der Waals surface area (Å²) in [6, 6.07) is 0. The zero-order chi connectivity index (χ0) is 11.9. The number of piperidine rings is 1. The predicted octanol–water partition coefficient (Wildman–Crippen LogP) is 0.317. The van der Waals surface area contributed by atoms with Crippen molar-refractivity contribution in [1.82, 2.24) is 10.2 Å². The van der Waals surface area contributed by atoms with Gasteiger partial charge in [-0.25, -0.2) is 0 Å². The standard InChI is InChI=1S/C12H26N2O2/c1-12(3-6-14(2)7-4-12)11-13-5-9-16-10-8-15/h13,15H,3-11H2,1-2H3. The number of hydrogen-bond acceptors (Lipinski definition) is 4. The molecule has 0 aliphatic carbocycles. The van der Waals surface area contributed by atoms with Crippen molar-refractivity contribution in [3.63, 3.8) is 0 Å². The van der Waals surface area contributed by atoms with E-state index in [-0.39, 0.29) is 6.61 Å². The smallest absolute Gasteiger partial charge is 0.0698 e. The van der Waals surface area contributed by atoms with Gasteiger partial charge in [0.1, 0.15) is 0 Å². The van der Waals surface area contributed by atoms with Crippen LogP contribution in [0.25, 0.3) is 0 Å². The zero-order valence-corrected chi connectivity index (χ0v) is 10.7. The van der Waals surface area contributed by atoms with E-state index in [0.717, 1.165) is 13.1 Å². The van der Waals surface area contributed by atoms with E-state index >= 15 is 0 Å². The number of rotatable bonds is 7. The largest absolute Gasteiger partial charge is 0.394 e. The molecule has 0 bridgehead atoms. The van der Waals surface area contributed by atoms with E-state index in [0.29, 0.717) is 18.6 Å². The molecule has 0 radical (unpaired) electrons. The summed E-state index contributed by atoms with van der Waals surface area (Å²) in [5, 5.41) is 12.0. The fourth-order valence-corrected chi connectivity index (χ4v) is 2.04. The fraction of sp³-hybridized carbons (Fsp3) is 1.00. The molecule has 16 heavy (non-hydrogen) atoms. The number of nitrogens with zero attached hydrogens (tertiary/aromatic N) is 1. The SMILES string of the molecule is CN1CCC(C)(CNCCOCCO)CC1. The molecule has 0 saturated carbocycles. The van der Waals surface area contributed by atoms with Crippen molar-refractivity contribution < 1.29 is 9.84 Å². The Morgan fingerprint density at radius 1 is 1.31 bits per heavy atom. The number of aliphatic hydroxyl groups excluding tert-OH is 1. The number of hydrogen-bond donors (Lipinski definition) is 2. The Labute approximate surface area is 99.0 Å². The molecule has 2 N–H and O–H groups in total. The molecule has 0 unspecified atom stereocenters. The second-order valence-electron chi connectivity index (χ2n) is 5.13. The first-order valence-corrected chi connectivity index (χ1v) is 6.24. The average molecular weight is 230 g/mol. The van der Waals surface area contributed by atoms with Crippen molar-refractivity contribution in [1.29, 1.82) is 0 Å². The molecule has 0 atom stereocenters. The molecular formula is C12H26N2O2. The van der Waals surface area contributed by atoms with Crippen molar-refractivity contribution >= 4 is 0 Å². The lowest BCUT2D eigenvalue weighted by atomic mass is 9.80. The third-order valence-electron chi connectivity index (χ3n) is 3.40. The van der Waals surface area contributed by atoms with Crippen molar-refractivity contribution in [2.45, 2.75) is 19.8 Å². The molecule has 0 spiro atoms. The maximum atomic E-state index is 8.54. The molecule has 0 aromatic carbocycles. The Morgan fingerprint density at radius 3 is 2.62 bits per heavy atom. The van der Waals surface area contributed by atoms with Gasteiger partial charge in [0, 0.05) is 13.1 Å². The van der Waals surface area contributed by atoms with E-state index < -0.39 is 0 Å². The molecule has 4 nitrogen and oxygen atoms in total. The fourth-order valence-electron chi connectivity index (χ4n) is 2.04. The van der Waals surface area contributed by atoms with Crippen LogP contribution < -0.4 is 5.32 Å². The lowest BCUT2D eigenvalue weighted by molar-refractivity contribution is 0.0887. The molecule has 4 heteroatoms. The number of nitrogens with one attached hydrogen (secondary N) is 1. The minimum absolute atomic E-state index is 0.115. The van der Waals surface area contributed by atoms with E-state index in [9.17, 15) is 0 Å². The van der Waals surface area contributed by atoms with E-state index in [1.807, 2.05) is 0 Å². The van der Waals surface area contributed by atoms with Gasteiger partial charge in [-0.2, -0.15) is 0 Å². The molecule has 0 aromatic heterocycles. The van der Waals surface area contributed by atoms with Crippen LogP contribution in [0.5, 0.6) is 0 Å². The summed E-state index contributed by atoms with van der Waals surface area (Å²) < 4.78 is 5.20. The molecule has 1 heterocycles. The normalized spacial score (nSPS) is 21.2. The zero-order valence-electron chi connectivity index (χ0n) is 10.7. The van der Waals surface area contributed by atoms with Gasteiger partial charge in [0.2, 0.25) is 0 Å². The molecule has 1 aliphatic rings.